The second-order valence-corrected chi connectivity index (χ2v) is 5.18. The minimum absolute atomic E-state index is 0.131. The minimum atomic E-state index is -1.08. The van der Waals surface area contributed by atoms with Gasteiger partial charge in [-0.2, -0.15) is 0 Å². The quantitative estimate of drug-likeness (QED) is 0.324. The first kappa shape index (κ1) is 17.1. The number of amidine groups is 1. The zero-order chi connectivity index (χ0) is 16.0. The molecule has 7 heteroatoms. The lowest BCUT2D eigenvalue weighted by Gasteiger charge is -2.25. The average molecular weight is 314 g/mol. The van der Waals surface area contributed by atoms with Crippen molar-refractivity contribution in [3.63, 3.8) is 0 Å². The van der Waals surface area contributed by atoms with Gasteiger partial charge in [0.25, 0.3) is 0 Å². The molecule has 1 atom stereocenters. The fourth-order valence-electron chi connectivity index (χ4n) is 1.83. The van der Waals surface area contributed by atoms with Crippen molar-refractivity contribution in [3.05, 3.63) is 28.8 Å². The van der Waals surface area contributed by atoms with Crippen LogP contribution in [0.4, 0.5) is 0 Å². The van der Waals surface area contributed by atoms with Crippen molar-refractivity contribution >= 4 is 23.3 Å². The Labute approximate surface area is 128 Å². The van der Waals surface area contributed by atoms with Crippen molar-refractivity contribution < 1.29 is 14.7 Å². The number of benzene rings is 1. The summed E-state index contributed by atoms with van der Waals surface area (Å²) in [6.45, 7) is 3.59. The zero-order valence-electron chi connectivity index (χ0n) is 12.3. The van der Waals surface area contributed by atoms with E-state index in [0.29, 0.717) is 22.8 Å². The van der Waals surface area contributed by atoms with Crippen LogP contribution in [-0.2, 0) is 11.3 Å². The number of nitrogens with one attached hydrogen (secondary N) is 1. The van der Waals surface area contributed by atoms with Crippen LogP contribution in [0.1, 0.15) is 25.8 Å². The van der Waals surface area contributed by atoms with Crippen LogP contribution in [0.15, 0.2) is 23.4 Å². The Bertz CT molecular complexity index is 548. The Morgan fingerprint density at radius 3 is 2.76 bits per heavy atom. The summed E-state index contributed by atoms with van der Waals surface area (Å²) in [5.41, 5.74) is 5.20. The van der Waals surface area contributed by atoms with Crippen LogP contribution in [0.5, 0.6) is 5.75 Å². The second kappa shape index (κ2) is 7.17. The Morgan fingerprint density at radius 2 is 2.24 bits per heavy atom. The van der Waals surface area contributed by atoms with E-state index in [9.17, 15) is 4.79 Å². The van der Waals surface area contributed by atoms with E-state index in [0.717, 1.165) is 0 Å². The van der Waals surface area contributed by atoms with Gasteiger partial charge in [-0.25, -0.2) is 0 Å². The predicted octanol–water partition coefficient (Wildman–Crippen LogP) is 2.13. The summed E-state index contributed by atoms with van der Waals surface area (Å²) in [4.78, 5) is 12.3. The molecule has 0 aliphatic carbocycles. The molecule has 1 aromatic carbocycles. The highest BCUT2D eigenvalue weighted by Crippen LogP contribution is 2.27. The maximum Gasteiger partial charge on any atom is 0.233 e. The van der Waals surface area contributed by atoms with Crippen LogP contribution >= 0.6 is 11.6 Å². The number of rotatable bonds is 6. The third-order valence-electron chi connectivity index (χ3n) is 3.60. The van der Waals surface area contributed by atoms with E-state index in [2.05, 4.69) is 10.5 Å². The standard InChI is InChI=1S/C14H20ClN3O3/c1-4-14(2,12(16)18-20)13(19)17-8-9-10(15)6-5-7-11(9)21-3/h5-7,20H,4,8H2,1-3H3,(H2,16,18)(H,17,19). The molecule has 0 aliphatic rings. The molecule has 1 amide bonds. The van der Waals surface area contributed by atoms with E-state index in [1.54, 1.807) is 32.0 Å². The van der Waals surface area contributed by atoms with Gasteiger partial charge >= 0.3 is 0 Å². The van der Waals surface area contributed by atoms with Gasteiger partial charge in [-0.1, -0.05) is 29.7 Å². The van der Waals surface area contributed by atoms with Crippen LogP contribution in [-0.4, -0.2) is 24.1 Å². The van der Waals surface area contributed by atoms with Gasteiger partial charge in [0, 0.05) is 17.1 Å². The lowest BCUT2D eigenvalue weighted by atomic mass is 9.85. The highest BCUT2D eigenvalue weighted by Gasteiger charge is 2.36. The van der Waals surface area contributed by atoms with Gasteiger partial charge in [-0.15, -0.1) is 0 Å². The summed E-state index contributed by atoms with van der Waals surface area (Å²) in [5.74, 6) is 0.112. The van der Waals surface area contributed by atoms with Gasteiger partial charge in [0.1, 0.15) is 11.2 Å². The van der Waals surface area contributed by atoms with Gasteiger partial charge in [-0.3, -0.25) is 4.79 Å². The Kier molecular flexibility index (Phi) is 5.84. The molecule has 0 heterocycles. The highest BCUT2D eigenvalue weighted by molar-refractivity contribution is 6.31. The minimum Gasteiger partial charge on any atom is -0.496 e. The first-order chi connectivity index (χ1) is 9.90. The zero-order valence-corrected chi connectivity index (χ0v) is 13.1. The lowest BCUT2D eigenvalue weighted by Crippen LogP contribution is -2.47. The molecule has 116 valence electrons. The summed E-state index contributed by atoms with van der Waals surface area (Å²) in [6.07, 6.45) is 0.397. The molecule has 0 fully saturated rings. The van der Waals surface area contributed by atoms with E-state index < -0.39 is 5.41 Å². The van der Waals surface area contributed by atoms with E-state index >= 15 is 0 Å². The number of nitrogens with zero attached hydrogens (tertiary/aromatic N) is 1. The Balaban J connectivity index is 2.91. The van der Waals surface area contributed by atoms with Crippen molar-refractivity contribution in [2.45, 2.75) is 26.8 Å². The smallest absolute Gasteiger partial charge is 0.233 e. The molecule has 21 heavy (non-hydrogen) atoms. The highest BCUT2D eigenvalue weighted by atomic mass is 35.5. The molecule has 0 saturated heterocycles. The van der Waals surface area contributed by atoms with Crippen LogP contribution in [0.25, 0.3) is 0 Å². The largest absolute Gasteiger partial charge is 0.496 e. The number of nitrogens with two attached hydrogens (primary N) is 1. The van der Waals surface area contributed by atoms with Gasteiger partial charge in [0.15, 0.2) is 5.84 Å². The van der Waals surface area contributed by atoms with Crippen molar-refractivity contribution in [3.8, 4) is 5.75 Å². The molecule has 0 spiro atoms. The van der Waals surface area contributed by atoms with E-state index in [4.69, 9.17) is 27.3 Å². The summed E-state index contributed by atoms with van der Waals surface area (Å²) in [5, 5.41) is 15.0. The number of hydrogen-bond donors (Lipinski definition) is 3. The van der Waals surface area contributed by atoms with Crippen LogP contribution in [0.2, 0.25) is 5.02 Å². The molecule has 1 unspecified atom stereocenters. The number of amides is 1. The molecular formula is C14H20ClN3O3. The number of ether oxygens (including phenoxy) is 1. The summed E-state index contributed by atoms with van der Waals surface area (Å²) < 4.78 is 5.21. The number of carbonyl (C=O) groups excluding carboxylic acids is 1. The summed E-state index contributed by atoms with van der Waals surface area (Å²) in [7, 11) is 1.53. The lowest BCUT2D eigenvalue weighted by molar-refractivity contribution is -0.127. The molecule has 0 aliphatic heterocycles. The fourth-order valence-corrected chi connectivity index (χ4v) is 2.07. The first-order valence-corrected chi connectivity index (χ1v) is 6.86. The topological polar surface area (TPSA) is 96.9 Å². The van der Waals surface area contributed by atoms with E-state index in [-0.39, 0.29) is 18.3 Å². The second-order valence-electron chi connectivity index (χ2n) is 4.77. The molecule has 6 nitrogen and oxygen atoms in total. The number of hydrogen-bond acceptors (Lipinski definition) is 4. The SMILES string of the molecule is CCC(C)(C(=O)NCc1c(Cl)cccc1OC)/C(N)=N/O. The number of carbonyl (C=O) groups is 1. The molecule has 0 aromatic heterocycles. The van der Waals surface area contributed by atoms with Crippen LogP contribution in [0, 0.1) is 5.41 Å². The summed E-state index contributed by atoms with van der Waals surface area (Å²) in [6, 6.07) is 5.24. The summed E-state index contributed by atoms with van der Waals surface area (Å²) >= 11 is 6.11. The van der Waals surface area contributed by atoms with Gasteiger partial charge in [-0.05, 0) is 25.5 Å². The molecule has 0 radical (unpaired) electrons. The molecule has 1 aromatic rings. The predicted molar refractivity (Wildman–Crippen MR) is 81.7 cm³/mol. The van der Waals surface area contributed by atoms with Gasteiger partial charge in [0.2, 0.25) is 5.91 Å². The molecule has 1 rings (SSSR count). The molecule has 4 N–H and O–H groups in total. The molecular weight excluding hydrogens is 294 g/mol. The number of oxime groups is 1. The molecule has 0 bridgehead atoms. The van der Waals surface area contributed by atoms with E-state index in [1.165, 1.54) is 7.11 Å². The first-order valence-electron chi connectivity index (χ1n) is 6.48. The third-order valence-corrected chi connectivity index (χ3v) is 3.96. The Morgan fingerprint density at radius 1 is 1.57 bits per heavy atom. The van der Waals surface area contributed by atoms with Crippen LogP contribution in [0.3, 0.4) is 0 Å². The van der Waals surface area contributed by atoms with Crippen molar-refractivity contribution in [1.29, 1.82) is 0 Å². The Hall–Kier alpha value is -1.95. The van der Waals surface area contributed by atoms with Crippen molar-refractivity contribution in [2.24, 2.45) is 16.3 Å². The number of methoxy groups -OCH3 is 1. The normalized spacial score (nSPS) is 14.4. The van der Waals surface area contributed by atoms with Crippen molar-refractivity contribution in [1.82, 2.24) is 5.32 Å². The fraction of sp³-hybridized carbons (Fsp3) is 0.429. The number of halogens is 1. The van der Waals surface area contributed by atoms with Gasteiger partial charge in [0.05, 0.1) is 7.11 Å². The van der Waals surface area contributed by atoms with Crippen molar-refractivity contribution in [2.75, 3.05) is 7.11 Å². The average Bonchev–Trinajstić information content (AvgIpc) is 2.51. The van der Waals surface area contributed by atoms with Gasteiger partial charge < -0.3 is 21.0 Å². The van der Waals surface area contributed by atoms with Crippen LogP contribution < -0.4 is 15.8 Å². The maximum atomic E-state index is 12.3. The monoisotopic (exact) mass is 313 g/mol. The molecule has 0 saturated carbocycles. The van der Waals surface area contributed by atoms with E-state index in [1.807, 2.05) is 0 Å². The maximum absolute atomic E-state index is 12.3. The third kappa shape index (κ3) is 3.58.